The summed E-state index contributed by atoms with van der Waals surface area (Å²) in [5, 5.41) is 1.23. The van der Waals surface area contributed by atoms with Crippen LogP contribution >= 0.6 is 0 Å². The summed E-state index contributed by atoms with van der Waals surface area (Å²) in [6.45, 7) is 2.07. The molecular weight excluding hydrogens is 224 g/mol. The number of hydrogen-bond donors (Lipinski definition) is 1. The minimum absolute atomic E-state index is 0.0126. The Labute approximate surface area is 106 Å². The van der Waals surface area contributed by atoms with Crippen molar-refractivity contribution in [1.29, 1.82) is 0 Å². The van der Waals surface area contributed by atoms with Gasteiger partial charge in [0.25, 0.3) is 0 Å². The van der Waals surface area contributed by atoms with Crippen LogP contribution in [-0.2, 0) is 11.2 Å². The molecular formula is C15H16N2O. The highest BCUT2D eigenvalue weighted by Gasteiger charge is 2.37. The minimum Gasteiger partial charge on any atom is -0.358 e. The number of aromatic amines is 1. The Bertz CT molecular complexity index is 628. The number of benzene rings is 1. The van der Waals surface area contributed by atoms with E-state index in [0.717, 1.165) is 32.4 Å². The molecule has 3 heterocycles. The first-order chi connectivity index (χ1) is 8.84. The minimum atomic E-state index is 0.0126. The van der Waals surface area contributed by atoms with Crippen LogP contribution in [-0.4, -0.2) is 28.8 Å². The molecule has 1 N–H and O–H groups in total. The van der Waals surface area contributed by atoms with Crippen LogP contribution in [0.5, 0.6) is 0 Å². The number of hydrogen-bond acceptors (Lipinski definition) is 2. The van der Waals surface area contributed by atoms with Gasteiger partial charge in [-0.05, 0) is 19.0 Å². The lowest BCUT2D eigenvalue weighted by Crippen LogP contribution is -2.43. The molecule has 92 valence electrons. The van der Waals surface area contributed by atoms with Crippen LogP contribution < -0.4 is 0 Å². The van der Waals surface area contributed by atoms with Gasteiger partial charge >= 0.3 is 0 Å². The summed E-state index contributed by atoms with van der Waals surface area (Å²) in [6, 6.07) is 8.35. The van der Waals surface area contributed by atoms with E-state index in [9.17, 15) is 4.79 Å². The third-order valence-electron chi connectivity index (χ3n) is 4.29. The largest absolute Gasteiger partial charge is 0.358 e. The maximum absolute atomic E-state index is 12.3. The predicted molar refractivity (Wildman–Crippen MR) is 70.6 cm³/mol. The Hall–Kier alpha value is -1.61. The van der Waals surface area contributed by atoms with Crippen LogP contribution in [0.25, 0.3) is 10.9 Å². The zero-order valence-corrected chi connectivity index (χ0v) is 10.3. The van der Waals surface area contributed by atoms with E-state index < -0.39 is 0 Å². The quantitative estimate of drug-likeness (QED) is 0.767. The van der Waals surface area contributed by atoms with E-state index in [-0.39, 0.29) is 6.04 Å². The summed E-state index contributed by atoms with van der Waals surface area (Å²) >= 11 is 0. The van der Waals surface area contributed by atoms with E-state index in [0.29, 0.717) is 5.78 Å². The molecule has 1 saturated heterocycles. The molecule has 0 aliphatic carbocycles. The van der Waals surface area contributed by atoms with Crippen LogP contribution in [0.4, 0.5) is 0 Å². The van der Waals surface area contributed by atoms with Gasteiger partial charge in [0.15, 0.2) is 5.78 Å². The van der Waals surface area contributed by atoms with Crippen molar-refractivity contribution in [3.8, 4) is 0 Å². The summed E-state index contributed by atoms with van der Waals surface area (Å²) in [4.78, 5) is 18.1. The highest BCUT2D eigenvalue weighted by atomic mass is 16.1. The number of carbonyl (C=O) groups excluding carboxylic acids is 1. The molecule has 1 unspecified atom stereocenters. The van der Waals surface area contributed by atoms with E-state index >= 15 is 0 Å². The summed E-state index contributed by atoms with van der Waals surface area (Å²) in [5.41, 5.74) is 3.69. The normalized spacial score (nSPS) is 24.0. The monoisotopic (exact) mass is 240 g/mol. The fraction of sp³-hybridized carbons (Fsp3) is 0.400. The van der Waals surface area contributed by atoms with Gasteiger partial charge in [0.1, 0.15) is 0 Å². The standard InChI is InChI=1S/C15H16N2O/c18-13-6-3-8-17-9-7-12-14(15(13)17)10-4-1-2-5-11(10)16-12/h1-2,4-5,15-16H,3,6-9H2. The van der Waals surface area contributed by atoms with Crippen molar-refractivity contribution in [3.63, 3.8) is 0 Å². The average molecular weight is 240 g/mol. The molecule has 0 saturated carbocycles. The topological polar surface area (TPSA) is 36.1 Å². The Balaban J connectivity index is 1.96. The molecule has 2 aliphatic heterocycles. The second-order valence-electron chi connectivity index (χ2n) is 5.32. The van der Waals surface area contributed by atoms with Gasteiger partial charge in [0.05, 0.1) is 6.04 Å². The molecule has 1 aromatic carbocycles. The number of nitrogens with zero attached hydrogens (tertiary/aromatic N) is 1. The Morgan fingerprint density at radius 1 is 1.17 bits per heavy atom. The van der Waals surface area contributed by atoms with Crippen LogP contribution in [0.2, 0.25) is 0 Å². The molecule has 0 bridgehead atoms. The van der Waals surface area contributed by atoms with Gasteiger partial charge in [-0.2, -0.15) is 0 Å². The fourth-order valence-electron chi connectivity index (χ4n) is 3.49. The second-order valence-corrected chi connectivity index (χ2v) is 5.32. The summed E-state index contributed by atoms with van der Waals surface area (Å²) in [6.07, 6.45) is 2.79. The number of ketones is 1. The van der Waals surface area contributed by atoms with E-state index in [4.69, 9.17) is 0 Å². The van der Waals surface area contributed by atoms with E-state index in [1.54, 1.807) is 0 Å². The smallest absolute Gasteiger partial charge is 0.154 e. The number of fused-ring (bicyclic) bond motifs is 5. The zero-order valence-electron chi connectivity index (χ0n) is 10.3. The zero-order chi connectivity index (χ0) is 12.1. The number of Topliss-reactive ketones (excluding diaryl/α,β-unsaturated/α-hetero) is 1. The van der Waals surface area contributed by atoms with Gasteiger partial charge in [-0.15, -0.1) is 0 Å². The number of carbonyl (C=O) groups is 1. The van der Waals surface area contributed by atoms with Crippen molar-refractivity contribution in [2.45, 2.75) is 25.3 Å². The Kier molecular flexibility index (Phi) is 2.12. The van der Waals surface area contributed by atoms with E-state index in [2.05, 4.69) is 28.1 Å². The number of para-hydroxylation sites is 1. The van der Waals surface area contributed by atoms with Crippen LogP contribution in [0.1, 0.15) is 30.1 Å². The van der Waals surface area contributed by atoms with Gasteiger partial charge < -0.3 is 4.98 Å². The molecule has 1 fully saturated rings. The molecule has 2 aliphatic rings. The maximum atomic E-state index is 12.3. The third kappa shape index (κ3) is 1.31. The summed E-state index contributed by atoms with van der Waals surface area (Å²) in [7, 11) is 0. The molecule has 4 rings (SSSR count). The lowest BCUT2D eigenvalue weighted by molar-refractivity contribution is -0.127. The molecule has 3 nitrogen and oxygen atoms in total. The number of H-pyrrole nitrogens is 1. The van der Waals surface area contributed by atoms with Crippen LogP contribution in [0.3, 0.4) is 0 Å². The summed E-state index contributed by atoms with van der Waals surface area (Å²) < 4.78 is 0. The number of aromatic nitrogens is 1. The van der Waals surface area contributed by atoms with Crippen molar-refractivity contribution >= 4 is 16.7 Å². The molecule has 1 aromatic heterocycles. The first-order valence-electron chi connectivity index (χ1n) is 6.71. The van der Waals surface area contributed by atoms with Gasteiger partial charge in [-0.25, -0.2) is 0 Å². The number of rotatable bonds is 0. The highest BCUT2D eigenvalue weighted by Crippen LogP contribution is 2.38. The van der Waals surface area contributed by atoms with Gasteiger partial charge in [0.2, 0.25) is 0 Å². The molecule has 0 amide bonds. The molecule has 0 radical (unpaired) electrons. The van der Waals surface area contributed by atoms with E-state index in [1.807, 2.05) is 6.07 Å². The molecule has 1 atom stereocenters. The number of piperidine rings is 1. The van der Waals surface area contributed by atoms with E-state index in [1.165, 1.54) is 22.2 Å². The van der Waals surface area contributed by atoms with Crippen LogP contribution in [0.15, 0.2) is 24.3 Å². The van der Waals surface area contributed by atoms with Crippen molar-refractivity contribution in [2.75, 3.05) is 13.1 Å². The number of nitrogens with one attached hydrogen (secondary N) is 1. The summed E-state index contributed by atoms with van der Waals surface area (Å²) in [5.74, 6) is 0.395. The first-order valence-corrected chi connectivity index (χ1v) is 6.71. The molecule has 2 aromatic rings. The predicted octanol–water partition coefficient (Wildman–Crippen LogP) is 2.43. The first kappa shape index (κ1) is 10.3. The van der Waals surface area contributed by atoms with Crippen LogP contribution in [0, 0.1) is 0 Å². The third-order valence-corrected chi connectivity index (χ3v) is 4.29. The Morgan fingerprint density at radius 3 is 3.00 bits per heavy atom. The van der Waals surface area contributed by atoms with Crippen molar-refractivity contribution in [1.82, 2.24) is 9.88 Å². The van der Waals surface area contributed by atoms with Crippen molar-refractivity contribution in [2.24, 2.45) is 0 Å². The molecule has 3 heteroatoms. The SMILES string of the molecule is O=C1CCCN2CCc3[nH]c4ccccc4c3C12. The lowest BCUT2D eigenvalue weighted by Gasteiger charge is -2.38. The lowest BCUT2D eigenvalue weighted by atomic mass is 9.88. The van der Waals surface area contributed by atoms with Gasteiger partial charge in [-0.3, -0.25) is 9.69 Å². The maximum Gasteiger partial charge on any atom is 0.154 e. The van der Waals surface area contributed by atoms with Gasteiger partial charge in [-0.1, -0.05) is 18.2 Å². The highest BCUT2D eigenvalue weighted by molar-refractivity contribution is 5.94. The van der Waals surface area contributed by atoms with Crippen molar-refractivity contribution in [3.05, 3.63) is 35.5 Å². The van der Waals surface area contributed by atoms with Crippen molar-refractivity contribution < 1.29 is 4.79 Å². The molecule has 0 spiro atoms. The average Bonchev–Trinajstić information content (AvgIpc) is 2.77. The Morgan fingerprint density at radius 2 is 2.06 bits per heavy atom. The van der Waals surface area contributed by atoms with Gasteiger partial charge in [0, 0.05) is 41.5 Å². The fourth-order valence-corrected chi connectivity index (χ4v) is 3.49. The molecule has 18 heavy (non-hydrogen) atoms. The second kappa shape index (κ2) is 3.69.